The largest absolute Gasteiger partial charge is 0.452 e. The third-order valence-corrected chi connectivity index (χ3v) is 4.40. The van der Waals surface area contributed by atoms with Gasteiger partial charge in [0.2, 0.25) is 0 Å². The molecular weight excluding hydrogens is 377 g/mol. The maximum atomic E-state index is 12.9. The van der Waals surface area contributed by atoms with Crippen LogP contribution >= 0.6 is 0 Å². The van der Waals surface area contributed by atoms with E-state index in [9.17, 15) is 18.8 Å². The molecule has 0 aliphatic heterocycles. The zero-order valence-corrected chi connectivity index (χ0v) is 16.0. The van der Waals surface area contributed by atoms with E-state index >= 15 is 0 Å². The Morgan fingerprint density at radius 1 is 1.14 bits per heavy atom. The van der Waals surface area contributed by atoms with E-state index in [1.807, 2.05) is 0 Å². The summed E-state index contributed by atoms with van der Waals surface area (Å²) in [5.41, 5.74) is 0.858. The molecule has 0 radical (unpaired) electrons. The Morgan fingerprint density at radius 2 is 1.79 bits per heavy atom. The van der Waals surface area contributed by atoms with Crippen molar-refractivity contribution in [1.29, 1.82) is 0 Å². The molecule has 8 heteroatoms. The summed E-state index contributed by atoms with van der Waals surface area (Å²) < 4.78 is 19.3. The van der Waals surface area contributed by atoms with E-state index in [0.717, 1.165) is 5.56 Å². The number of benzene rings is 2. The normalized spacial score (nSPS) is 11.8. The van der Waals surface area contributed by atoms with E-state index in [1.54, 1.807) is 36.4 Å². The molecule has 3 aromatic rings. The molecular formula is C21H20FN3O4. The molecule has 7 nitrogen and oxygen atoms in total. The predicted molar refractivity (Wildman–Crippen MR) is 104 cm³/mol. The number of ether oxygens (including phenoxy) is 1. The van der Waals surface area contributed by atoms with E-state index in [2.05, 4.69) is 10.4 Å². The lowest BCUT2D eigenvalue weighted by Gasteiger charge is -2.14. The van der Waals surface area contributed by atoms with Crippen LogP contribution in [-0.2, 0) is 34.3 Å². The van der Waals surface area contributed by atoms with Gasteiger partial charge in [0.15, 0.2) is 6.10 Å². The zero-order valence-electron chi connectivity index (χ0n) is 16.0. The smallest absolute Gasteiger partial charge is 0.312 e. The summed E-state index contributed by atoms with van der Waals surface area (Å²) >= 11 is 0. The molecule has 0 fully saturated rings. The predicted octanol–water partition coefficient (Wildman–Crippen LogP) is 1.86. The highest BCUT2D eigenvalue weighted by atomic mass is 19.1. The van der Waals surface area contributed by atoms with Crippen LogP contribution in [0.1, 0.15) is 18.2 Å². The third kappa shape index (κ3) is 4.84. The number of rotatable bonds is 6. The van der Waals surface area contributed by atoms with Crippen LogP contribution in [0.25, 0.3) is 10.8 Å². The first-order valence-electron chi connectivity index (χ1n) is 9.01. The lowest BCUT2D eigenvalue weighted by Crippen LogP contribution is -2.36. The van der Waals surface area contributed by atoms with E-state index in [-0.39, 0.29) is 24.3 Å². The molecule has 1 N–H and O–H groups in total. The molecule has 1 aromatic heterocycles. The van der Waals surface area contributed by atoms with Gasteiger partial charge in [-0.1, -0.05) is 30.3 Å². The Kier molecular flexibility index (Phi) is 6.01. The van der Waals surface area contributed by atoms with E-state index < -0.39 is 18.0 Å². The average molecular weight is 397 g/mol. The second-order valence-electron chi connectivity index (χ2n) is 6.57. The van der Waals surface area contributed by atoms with Gasteiger partial charge < -0.3 is 10.1 Å². The Balaban J connectivity index is 1.62. The highest BCUT2D eigenvalue weighted by molar-refractivity contribution is 5.88. The lowest BCUT2D eigenvalue weighted by atomic mass is 10.1. The minimum atomic E-state index is -1.01. The van der Waals surface area contributed by atoms with Gasteiger partial charge in [-0.05, 0) is 30.7 Å². The molecule has 0 aliphatic rings. The summed E-state index contributed by atoms with van der Waals surface area (Å²) in [6.45, 7) is 1.65. The van der Waals surface area contributed by atoms with Crippen LogP contribution in [0.4, 0.5) is 4.39 Å². The van der Waals surface area contributed by atoms with Gasteiger partial charge in [-0.2, -0.15) is 5.10 Å². The first-order chi connectivity index (χ1) is 13.8. The molecule has 3 rings (SSSR count). The second-order valence-corrected chi connectivity index (χ2v) is 6.57. The lowest BCUT2D eigenvalue weighted by molar-refractivity contribution is -0.154. The van der Waals surface area contributed by atoms with Crippen LogP contribution in [0.15, 0.2) is 53.3 Å². The minimum Gasteiger partial charge on any atom is -0.452 e. The molecule has 0 spiro atoms. The molecule has 0 aliphatic carbocycles. The summed E-state index contributed by atoms with van der Waals surface area (Å²) in [5.74, 6) is -1.46. The number of halogens is 1. The van der Waals surface area contributed by atoms with Gasteiger partial charge in [0, 0.05) is 19.0 Å². The van der Waals surface area contributed by atoms with Gasteiger partial charge in [-0.3, -0.25) is 14.4 Å². The van der Waals surface area contributed by atoms with E-state index in [4.69, 9.17) is 4.74 Å². The van der Waals surface area contributed by atoms with E-state index in [0.29, 0.717) is 16.5 Å². The van der Waals surface area contributed by atoms with Gasteiger partial charge in [0.25, 0.3) is 11.5 Å². The SMILES string of the molecule is C[C@H](OC(=O)Cc1nn(C)c(=O)c2ccccc12)C(=O)NCc1ccc(F)cc1. The first-order valence-corrected chi connectivity index (χ1v) is 9.01. The van der Waals surface area contributed by atoms with Crippen LogP contribution in [0, 0.1) is 5.82 Å². The number of hydrogen-bond acceptors (Lipinski definition) is 5. The Bertz CT molecular complexity index is 1110. The van der Waals surface area contributed by atoms with Crippen LogP contribution in [0.5, 0.6) is 0 Å². The number of aryl methyl sites for hydroxylation is 1. The standard InChI is InChI=1S/C21H20FN3O4/c1-13(20(27)23-12-14-7-9-15(22)10-8-14)29-19(26)11-18-16-5-3-4-6-17(16)21(28)25(2)24-18/h3-10,13H,11-12H2,1-2H3,(H,23,27)/t13-/m0/s1. The van der Waals surface area contributed by atoms with Crippen molar-refractivity contribution >= 4 is 22.6 Å². The molecule has 1 amide bonds. The average Bonchev–Trinajstić information content (AvgIpc) is 2.71. The summed E-state index contributed by atoms with van der Waals surface area (Å²) in [5, 5.41) is 7.81. The number of amides is 1. The molecule has 0 saturated heterocycles. The molecule has 1 heterocycles. The van der Waals surface area contributed by atoms with Gasteiger partial charge >= 0.3 is 5.97 Å². The van der Waals surface area contributed by atoms with Gasteiger partial charge in [0.05, 0.1) is 17.5 Å². The number of hydrogen-bond donors (Lipinski definition) is 1. The summed E-state index contributed by atoms with van der Waals surface area (Å²) in [6.07, 6.45) is -1.19. The molecule has 29 heavy (non-hydrogen) atoms. The maximum Gasteiger partial charge on any atom is 0.312 e. The number of esters is 1. The quantitative estimate of drug-likeness (QED) is 0.642. The van der Waals surface area contributed by atoms with E-state index in [1.165, 1.54) is 30.8 Å². The molecule has 2 aromatic carbocycles. The summed E-state index contributed by atoms with van der Waals surface area (Å²) in [6, 6.07) is 12.6. The highest BCUT2D eigenvalue weighted by Crippen LogP contribution is 2.14. The number of carbonyl (C=O) groups excluding carboxylic acids is 2. The van der Waals surface area contributed by atoms with Crippen molar-refractivity contribution in [3.05, 3.63) is 76.0 Å². The van der Waals surface area contributed by atoms with Crippen molar-refractivity contribution in [2.75, 3.05) is 0 Å². The summed E-state index contributed by atoms with van der Waals surface area (Å²) in [7, 11) is 1.51. The van der Waals surface area contributed by atoms with Crippen molar-refractivity contribution in [3.63, 3.8) is 0 Å². The number of carbonyl (C=O) groups is 2. The minimum absolute atomic E-state index is 0.176. The van der Waals surface area contributed by atoms with Crippen molar-refractivity contribution < 1.29 is 18.7 Å². The monoisotopic (exact) mass is 397 g/mol. The number of fused-ring (bicyclic) bond motifs is 1. The number of aromatic nitrogens is 2. The molecule has 0 unspecified atom stereocenters. The number of nitrogens with one attached hydrogen (secondary N) is 1. The van der Waals surface area contributed by atoms with Crippen molar-refractivity contribution in [2.24, 2.45) is 7.05 Å². The first kappa shape index (κ1) is 20.2. The fraction of sp³-hybridized carbons (Fsp3) is 0.238. The third-order valence-electron chi connectivity index (χ3n) is 4.40. The Labute approximate surface area is 166 Å². The topological polar surface area (TPSA) is 90.3 Å². The van der Waals surface area contributed by atoms with Gasteiger partial charge in [0.1, 0.15) is 5.82 Å². The fourth-order valence-electron chi connectivity index (χ4n) is 2.87. The van der Waals surface area contributed by atoms with Crippen LogP contribution < -0.4 is 10.9 Å². The zero-order chi connectivity index (χ0) is 21.0. The second kappa shape index (κ2) is 8.64. The molecule has 0 bridgehead atoms. The van der Waals surface area contributed by atoms with Crippen LogP contribution in [0.3, 0.4) is 0 Å². The van der Waals surface area contributed by atoms with Crippen molar-refractivity contribution in [1.82, 2.24) is 15.1 Å². The van der Waals surface area contributed by atoms with Gasteiger partial charge in [-0.15, -0.1) is 0 Å². The highest BCUT2D eigenvalue weighted by Gasteiger charge is 2.19. The maximum absolute atomic E-state index is 12.9. The summed E-state index contributed by atoms with van der Waals surface area (Å²) in [4.78, 5) is 36.6. The van der Waals surface area contributed by atoms with Gasteiger partial charge in [-0.25, -0.2) is 9.07 Å². The van der Waals surface area contributed by atoms with Crippen LogP contribution in [-0.4, -0.2) is 27.8 Å². The van der Waals surface area contributed by atoms with Crippen molar-refractivity contribution in [3.8, 4) is 0 Å². The van der Waals surface area contributed by atoms with Crippen LogP contribution in [0.2, 0.25) is 0 Å². The van der Waals surface area contributed by atoms with Crippen molar-refractivity contribution in [2.45, 2.75) is 26.0 Å². The Morgan fingerprint density at radius 3 is 2.48 bits per heavy atom. The number of nitrogens with zero attached hydrogens (tertiary/aromatic N) is 2. The molecule has 0 saturated carbocycles. The fourth-order valence-corrected chi connectivity index (χ4v) is 2.87. The molecule has 150 valence electrons. The Hall–Kier alpha value is -3.55. The molecule has 1 atom stereocenters.